The van der Waals surface area contributed by atoms with E-state index in [1.807, 2.05) is 0 Å². The van der Waals surface area contributed by atoms with E-state index in [4.69, 9.17) is 14.7 Å². The highest BCUT2D eigenvalue weighted by Gasteiger charge is 2.27. The Morgan fingerprint density at radius 3 is 2.52 bits per heavy atom. The Balaban J connectivity index is 1.27. The van der Waals surface area contributed by atoms with Crippen LogP contribution in [0.4, 0.5) is 5.82 Å². The average molecular weight is 473 g/mol. The second kappa shape index (κ2) is 10.4. The van der Waals surface area contributed by atoms with Crippen molar-refractivity contribution in [1.29, 1.82) is 0 Å². The standard InChI is InChI=1S/C24H36N6O2S/c1-24(2,3)22-26-19(18-7-5-8-18)17-20(27-22)30-14-12-29(13-15-30)11-6-16-32-21-9-10-25-23(28-21)33(4)31/h9-10,17-18H,5-8,11-16H2,1-4H3. The maximum Gasteiger partial charge on any atom is 0.221 e. The van der Waals surface area contributed by atoms with Crippen molar-refractivity contribution >= 4 is 16.6 Å². The molecule has 0 amide bonds. The van der Waals surface area contributed by atoms with Crippen LogP contribution in [0, 0.1) is 0 Å². The van der Waals surface area contributed by atoms with Gasteiger partial charge in [0.15, 0.2) is 0 Å². The molecule has 1 atom stereocenters. The van der Waals surface area contributed by atoms with Crippen molar-refractivity contribution in [2.75, 3.05) is 50.5 Å². The number of piperazine rings is 1. The molecule has 3 heterocycles. The van der Waals surface area contributed by atoms with Gasteiger partial charge in [-0.2, -0.15) is 4.98 Å². The highest BCUT2D eigenvalue weighted by Crippen LogP contribution is 2.37. The first-order valence-corrected chi connectivity index (χ1v) is 13.5. The SMILES string of the molecule is CS(=O)c1nccc(OCCCN2CCN(c3cc(C4CCC4)nc(C(C)(C)C)n3)CC2)n1. The van der Waals surface area contributed by atoms with Gasteiger partial charge >= 0.3 is 0 Å². The predicted octanol–water partition coefficient (Wildman–Crippen LogP) is 3.16. The largest absolute Gasteiger partial charge is 0.478 e. The second-order valence-electron chi connectivity index (χ2n) is 10.0. The summed E-state index contributed by atoms with van der Waals surface area (Å²) in [5, 5.41) is 0.309. The van der Waals surface area contributed by atoms with Gasteiger partial charge in [-0.05, 0) is 19.3 Å². The summed E-state index contributed by atoms with van der Waals surface area (Å²) in [6, 6.07) is 3.95. The maximum absolute atomic E-state index is 11.5. The Morgan fingerprint density at radius 2 is 1.88 bits per heavy atom. The topological polar surface area (TPSA) is 84.3 Å². The van der Waals surface area contributed by atoms with Gasteiger partial charge < -0.3 is 9.64 Å². The van der Waals surface area contributed by atoms with Gasteiger partial charge in [0, 0.05) is 74.3 Å². The van der Waals surface area contributed by atoms with E-state index in [1.165, 1.54) is 25.0 Å². The van der Waals surface area contributed by atoms with Gasteiger partial charge in [-0.15, -0.1) is 0 Å². The molecule has 0 spiro atoms. The number of rotatable bonds is 8. The van der Waals surface area contributed by atoms with Gasteiger partial charge in [-0.1, -0.05) is 27.2 Å². The van der Waals surface area contributed by atoms with Crippen LogP contribution in [-0.4, -0.2) is 74.6 Å². The fraction of sp³-hybridized carbons (Fsp3) is 0.667. The molecule has 180 valence electrons. The molecule has 9 heteroatoms. The lowest BCUT2D eigenvalue weighted by Crippen LogP contribution is -2.47. The summed E-state index contributed by atoms with van der Waals surface area (Å²) in [6.07, 6.45) is 7.89. The Labute approximate surface area is 199 Å². The summed E-state index contributed by atoms with van der Waals surface area (Å²) in [6.45, 7) is 12.1. The fourth-order valence-electron chi connectivity index (χ4n) is 4.07. The zero-order valence-corrected chi connectivity index (χ0v) is 21.1. The molecular weight excluding hydrogens is 436 g/mol. The lowest BCUT2D eigenvalue weighted by molar-refractivity contribution is 0.220. The molecule has 2 fully saturated rings. The summed E-state index contributed by atoms with van der Waals surface area (Å²) in [5.41, 5.74) is 1.18. The van der Waals surface area contributed by atoms with E-state index in [1.54, 1.807) is 18.5 Å². The molecular formula is C24H36N6O2S. The summed E-state index contributed by atoms with van der Waals surface area (Å²) in [5.74, 6) is 3.15. The summed E-state index contributed by atoms with van der Waals surface area (Å²) in [4.78, 5) is 23.0. The van der Waals surface area contributed by atoms with Gasteiger partial charge in [0.1, 0.15) is 11.6 Å². The minimum atomic E-state index is -1.20. The molecule has 2 aromatic heterocycles. The van der Waals surface area contributed by atoms with Gasteiger partial charge in [0.25, 0.3) is 0 Å². The third-order valence-electron chi connectivity index (χ3n) is 6.36. The lowest BCUT2D eigenvalue weighted by Gasteiger charge is -2.36. The normalized spacial score (nSPS) is 18.7. The Morgan fingerprint density at radius 1 is 1.12 bits per heavy atom. The molecule has 1 unspecified atom stereocenters. The Hall–Kier alpha value is -2.13. The lowest BCUT2D eigenvalue weighted by atomic mass is 9.82. The Bertz CT molecular complexity index is 968. The van der Waals surface area contributed by atoms with E-state index in [0.717, 1.165) is 50.8 Å². The van der Waals surface area contributed by atoms with Crippen molar-refractivity contribution in [3.63, 3.8) is 0 Å². The van der Waals surface area contributed by atoms with E-state index in [-0.39, 0.29) is 5.41 Å². The number of ether oxygens (including phenoxy) is 1. The van der Waals surface area contributed by atoms with Gasteiger partial charge in [0.05, 0.1) is 17.4 Å². The molecule has 1 saturated heterocycles. The molecule has 0 bridgehead atoms. The maximum atomic E-state index is 11.5. The van der Waals surface area contributed by atoms with Crippen LogP contribution in [-0.2, 0) is 16.2 Å². The first kappa shape index (κ1) is 24.0. The van der Waals surface area contributed by atoms with Gasteiger partial charge in [0.2, 0.25) is 11.0 Å². The quantitative estimate of drug-likeness (QED) is 0.428. The van der Waals surface area contributed by atoms with Crippen LogP contribution in [0.3, 0.4) is 0 Å². The van der Waals surface area contributed by atoms with Crippen LogP contribution in [0.5, 0.6) is 5.88 Å². The summed E-state index contributed by atoms with van der Waals surface area (Å²) < 4.78 is 17.2. The van der Waals surface area contributed by atoms with Crippen LogP contribution in [0.15, 0.2) is 23.5 Å². The minimum Gasteiger partial charge on any atom is -0.478 e. The average Bonchev–Trinajstić information content (AvgIpc) is 2.75. The van der Waals surface area contributed by atoms with E-state index in [2.05, 4.69) is 46.6 Å². The van der Waals surface area contributed by atoms with Gasteiger partial charge in [-0.3, -0.25) is 9.11 Å². The summed E-state index contributed by atoms with van der Waals surface area (Å²) >= 11 is 0. The number of hydrogen-bond donors (Lipinski definition) is 0. The Kier molecular flexibility index (Phi) is 7.58. The van der Waals surface area contributed by atoms with E-state index >= 15 is 0 Å². The zero-order valence-electron chi connectivity index (χ0n) is 20.3. The highest BCUT2D eigenvalue weighted by atomic mass is 32.2. The van der Waals surface area contributed by atoms with Crippen LogP contribution in [0.1, 0.15) is 63.9 Å². The fourth-order valence-corrected chi connectivity index (χ4v) is 4.50. The van der Waals surface area contributed by atoms with Crippen molar-refractivity contribution < 1.29 is 8.95 Å². The first-order chi connectivity index (χ1) is 15.8. The van der Waals surface area contributed by atoms with Gasteiger partial charge in [-0.25, -0.2) is 15.0 Å². The molecule has 2 aromatic rings. The van der Waals surface area contributed by atoms with Crippen molar-refractivity contribution in [1.82, 2.24) is 24.8 Å². The number of anilines is 1. The van der Waals surface area contributed by atoms with E-state index in [9.17, 15) is 4.21 Å². The molecule has 1 aliphatic heterocycles. The van der Waals surface area contributed by atoms with Crippen molar-refractivity contribution in [3.8, 4) is 5.88 Å². The van der Waals surface area contributed by atoms with E-state index in [0.29, 0.717) is 23.6 Å². The number of nitrogens with zero attached hydrogens (tertiary/aromatic N) is 6. The molecule has 1 saturated carbocycles. The van der Waals surface area contributed by atoms with Crippen LogP contribution >= 0.6 is 0 Å². The smallest absolute Gasteiger partial charge is 0.221 e. The highest BCUT2D eigenvalue weighted by molar-refractivity contribution is 7.84. The molecule has 33 heavy (non-hydrogen) atoms. The molecule has 2 aliphatic rings. The van der Waals surface area contributed by atoms with Crippen LogP contribution in [0.2, 0.25) is 0 Å². The third-order valence-corrected chi connectivity index (χ3v) is 7.07. The van der Waals surface area contributed by atoms with Crippen LogP contribution < -0.4 is 9.64 Å². The van der Waals surface area contributed by atoms with Crippen LogP contribution in [0.25, 0.3) is 0 Å². The molecule has 0 aromatic carbocycles. The monoisotopic (exact) mass is 472 g/mol. The predicted molar refractivity (Wildman–Crippen MR) is 130 cm³/mol. The number of hydrogen-bond acceptors (Lipinski definition) is 8. The second-order valence-corrected chi connectivity index (χ2v) is 11.3. The van der Waals surface area contributed by atoms with Crippen molar-refractivity contribution in [2.24, 2.45) is 0 Å². The minimum absolute atomic E-state index is 0.0487. The zero-order chi connectivity index (χ0) is 23.4. The molecule has 4 rings (SSSR count). The van der Waals surface area contributed by atoms with Crippen molar-refractivity contribution in [3.05, 3.63) is 29.8 Å². The molecule has 1 aliphatic carbocycles. The van der Waals surface area contributed by atoms with Crippen molar-refractivity contribution in [2.45, 2.75) is 62.9 Å². The number of aromatic nitrogens is 4. The molecule has 0 radical (unpaired) electrons. The summed E-state index contributed by atoms with van der Waals surface area (Å²) in [7, 11) is -1.20. The molecule has 8 nitrogen and oxygen atoms in total. The third kappa shape index (κ3) is 6.26. The molecule has 0 N–H and O–H groups in total. The van der Waals surface area contributed by atoms with E-state index < -0.39 is 10.8 Å². The first-order valence-electron chi connectivity index (χ1n) is 12.0.